The molecule has 0 aliphatic carbocycles. The minimum Gasteiger partial charge on any atom is -0.392 e. The van der Waals surface area contributed by atoms with Gasteiger partial charge in [-0.2, -0.15) is 26.3 Å². The molecule has 0 bridgehead atoms. The molecule has 2 N–H and O–H groups in total. The summed E-state index contributed by atoms with van der Waals surface area (Å²) in [5.41, 5.74) is -3.83. The largest absolute Gasteiger partial charge is 0.433 e. The van der Waals surface area contributed by atoms with Gasteiger partial charge in [-0.05, 0) is 31.0 Å². The lowest BCUT2D eigenvalue weighted by Gasteiger charge is -2.29. The third-order valence-electron chi connectivity index (χ3n) is 4.56. The smallest absolute Gasteiger partial charge is 0.392 e. The van der Waals surface area contributed by atoms with Crippen LogP contribution in [0.15, 0.2) is 18.2 Å². The first-order valence-electron chi connectivity index (χ1n) is 8.08. The fraction of sp³-hybridized carbons (Fsp3) is 0.471. The lowest BCUT2D eigenvalue weighted by molar-refractivity contribution is -0.143. The Labute approximate surface area is 145 Å². The maximum atomic E-state index is 13.6. The summed E-state index contributed by atoms with van der Waals surface area (Å²) in [6.07, 6.45) is -7.92. The number of para-hydroxylation sites is 1. The third kappa shape index (κ3) is 3.37. The van der Waals surface area contributed by atoms with Gasteiger partial charge in [-0.1, -0.05) is 18.6 Å². The average molecular weight is 378 g/mol. The number of aliphatic hydroxyl groups excluding tert-OH is 1. The fourth-order valence-electron chi connectivity index (χ4n) is 3.46. The van der Waals surface area contributed by atoms with E-state index in [1.165, 1.54) is 6.07 Å². The zero-order chi connectivity index (χ0) is 19.1. The molecular formula is C17H16F6N2O. The van der Waals surface area contributed by atoms with Crippen LogP contribution in [-0.2, 0) is 19.0 Å². The van der Waals surface area contributed by atoms with Gasteiger partial charge in [0.1, 0.15) is 5.69 Å². The predicted molar refractivity (Wildman–Crippen MR) is 82.3 cm³/mol. The second kappa shape index (κ2) is 6.70. The van der Waals surface area contributed by atoms with Crippen molar-refractivity contribution in [3.05, 3.63) is 40.6 Å². The number of hydrogen-bond donors (Lipinski definition) is 2. The highest BCUT2D eigenvalue weighted by Gasteiger charge is 2.41. The van der Waals surface area contributed by atoms with Crippen molar-refractivity contribution in [1.82, 2.24) is 10.3 Å². The van der Waals surface area contributed by atoms with Crippen LogP contribution < -0.4 is 5.32 Å². The molecule has 3 nitrogen and oxygen atoms in total. The summed E-state index contributed by atoms with van der Waals surface area (Å²) in [4.78, 5) is 3.40. The molecule has 0 spiro atoms. The monoisotopic (exact) mass is 378 g/mol. The topological polar surface area (TPSA) is 45.1 Å². The van der Waals surface area contributed by atoms with Crippen LogP contribution in [0.4, 0.5) is 26.3 Å². The number of alkyl halides is 6. The van der Waals surface area contributed by atoms with Crippen LogP contribution in [0.3, 0.4) is 0 Å². The highest BCUT2D eigenvalue weighted by molar-refractivity contribution is 5.87. The first-order chi connectivity index (χ1) is 12.1. The molecule has 1 fully saturated rings. The first kappa shape index (κ1) is 18.9. The zero-order valence-corrected chi connectivity index (χ0v) is 13.5. The van der Waals surface area contributed by atoms with E-state index < -0.39 is 41.8 Å². The van der Waals surface area contributed by atoms with E-state index in [4.69, 9.17) is 0 Å². The van der Waals surface area contributed by atoms with Gasteiger partial charge in [0, 0.05) is 17.0 Å². The zero-order valence-electron chi connectivity index (χ0n) is 13.5. The Kier molecular flexibility index (Phi) is 4.87. The highest BCUT2D eigenvalue weighted by atomic mass is 19.4. The van der Waals surface area contributed by atoms with Gasteiger partial charge in [-0.25, -0.2) is 4.98 Å². The van der Waals surface area contributed by atoms with Crippen LogP contribution in [0.1, 0.15) is 47.7 Å². The number of pyridine rings is 1. The summed E-state index contributed by atoms with van der Waals surface area (Å²) in [5, 5.41) is 12.6. The Bertz CT molecular complexity index is 809. The highest BCUT2D eigenvalue weighted by Crippen LogP contribution is 2.42. The number of piperidine rings is 1. The Morgan fingerprint density at radius 3 is 2.35 bits per heavy atom. The molecule has 9 heteroatoms. The summed E-state index contributed by atoms with van der Waals surface area (Å²) < 4.78 is 80.6. The van der Waals surface area contributed by atoms with Gasteiger partial charge in [0.15, 0.2) is 0 Å². The molecule has 2 aromatic rings. The van der Waals surface area contributed by atoms with Crippen molar-refractivity contribution < 1.29 is 31.4 Å². The van der Waals surface area contributed by atoms with E-state index in [2.05, 4.69) is 10.3 Å². The molecule has 0 radical (unpaired) electrons. The molecule has 1 atom stereocenters. The van der Waals surface area contributed by atoms with Gasteiger partial charge in [0.25, 0.3) is 0 Å². The van der Waals surface area contributed by atoms with E-state index >= 15 is 0 Å². The number of nitrogens with zero attached hydrogens (tertiary/aromatic N) is 1. The van der Waals surface area contributed by atoms with Crippen molar-refractivity contribution in [1.29, 1.82) is 0 Å². The van der Waals surface area contributed by atoms with Crippen molar-refractivity contribution in [2.24, 2.45) is 0 Å². The lowest BCUT2D eigenvalue weighted by Crippen LogP contribution is -2.30. The van der Waals surface area contributed by atoms with Crippen molar-refractivity contribution in [2.75, 3.05) is 6.54 Å². The van der Waals surface area contributed by atoms with E-state index in [9.17, 15) is 31.4 Å². The number of fused-ring (bicyclic) bond motifs is 1. The number of benzene rings is 1. The normalized spacial score (nSPS) is 19.1. The second-order valence-electron chi connectivity index (χ2n) is 6.21. The Morgan fingerprint density at radius 2 is 1.81 bits per heavy atom. The fourth-order valence-corrected chi connectivity index (χ4v) is 3.46. The number of halogens is 6. The predicted octanol–water partition coefficient (Wildman–Crippen LogP) is 4.58. The van der Waals surface area contributed by atoms with Gasteiger partial charge in [-0.15, -0.1) is 0 Å². The molecule has 1 aromatic heterocycles. The van der Waals surface area contributed by atoms with Gasteiger partial charge >= 0.3 is 12.4 Å². The molecule has 3 rings (SSSR count). The second-order valence-corrected chi connectivity index (χ2v) is 6.21. The molecule has 2 heterocycles. The van der Waals surface area contributed by atoms with E-state index in [0.29, 0.717) is 25.5 Å². The SMILES string of the molecule is OCc1c(C2CCCCN2)c(C(F)(F)F)nc2c(C(F)(F)F)cccc12. The van der Waals surface area contributed by atoms with Gasteiger partial charge in [0.05, 0.1) is 17.7 Å². The summed E-state index contributed by atoms with van der Waals surface area (Å²) in [6.45, 7) is -0.315. The van der Waals surface area contributed by atoms with E-state index in [-0.39, 0.29) is 16.5 Å². The van der Waals surface area contributed by atoms with E-state index in [1.54, 1.807) is 0 Å². The van der Waals surface area contributed by atoms with Crippen LogP contribution >= 0.6 is 0 Å². The first-order valence-corrected chi connectivity index (χ1v) is 8.08. The number of nitrogens with one attached hydrogen (secondary N) is 1. The molecular weight excluding hydrogens is 362 g/mol. The molecule has 0 saturated carbocycles. The van der Waals surface area contributed by atoms with Gasteiger partial charge in [0.2, 0.25) is 0 Å². The number of aromatic nitrogens is 1. The van der Waals surface area contributed by atoms with Crippen molar-refractivity contribution >= 4 is 10.9 Å². The Balaban J connectivity index is 2.38. The summed E-state index contributed by atoms with van der Waals surface area (Å²) >= 11 is 0. The maximum Gasteiger partial charge on any atom is 0.433 e. The van der Waals surface area contributed by atoms with E-state index in [1.807, 2.05) is 0 Å². The summed E-state index contributed by atoms with van der Waals surface area (Å²) in [6, 6.07) is 2.34. The lowest BCUT2D eigenvalue weighted by atomic mass is 9.89. The van der Waals surface area contributed by atoms with Crippen molar-refractivity contribution in [3.8, 4) is 0 Å². The van der Waals surface area contributed by atoms with Crippen LogP contribution in [0, 0.1) is 0 Å². The van der Waals surface area contributed by atoms with E-state index in [0.717, 1.165) is 12.5 Å². The molecule has 1 unspecified atom stereocenters. The summed E-state index contributed by atoms with van der Waals surface area (Å²) in [5.74, 6) is 0. The number of rotatable bonds is 2. The van der Waals surface area contributed by atoms with Crippen LogP contribution in [-0.4, -0.2) is 16.6 Å². The molecule has 1 saturated heterocycles. The molecule has 142 valence electrons. The molecule has 1 aliphatic rings. The van der Waals surface area contributed by atoms with Gasteiger partial charge < -0.3 is 10.4 Å². The van der Waals surface area contributed by atoms with Crippen LogP contribution in [0.2, 0.25) is 0 Å². The molecule has 1 aromatic carbocycles. The number of aliphatic hydroxyl groups is 1. The minimum atomic E-state index is -4.94. The minimum absolute atomic E-state index is 0.113. The maximum absolute atomic E-state index is 13.6. The average Bonchev–Trinajstić information content (AvgIpc) is 2.58. The molecule has 26 heavy (non-hydrogen) atoms. The van der Waals surface area contributed by atoms with Crippen molar-refractivity contribution in [2.45, 2.75) is 44.3 Å². The molecule has 1 aliphatic heterocycles. The van der Waals surface area contributed by atoms with Crippen LogP contribution in [0.25, 0.3) is 10.9 Å². The Hall–Kier alpha value is -1.87. The number of hydrogen-bond acceptors (Lipinski definition) is 3. The summed E-state index contributed by atoms with van der Waals surface area (Å²) in [7, 11) is 0. The van der Waals surface area contributed by atoms with Crippen molar-refractivity contribution in [3.63, 3.8) is 0 Å². The third-order valence-corrected chi connectivity index (χ3v) is 4.56. The van der Waals surface area contributed by atoms with Crippen LogP contribution in [0.5, 0.6) is 0 Å². The Morgan fingerprint density at radius 1 is 1.08 bits per heavy atom. The quantitative estimate of drug-likeness (QED) is 0.752. The standard InChI is InChI=1S/C17H16F6N2O/c18-16(19,20)11-5-3-4-9-10(8-26)13(12-6-1-2-7-24-12)15(17(21,22)23)25-14(9)11/h3-5,12,24,26H,1-2,6-8H2. The van der Waals surface area contributed by atoms with Gasteiger partial charge in [-0.3, -0.25) is 0 Å². The molecule has 0 amide bonds.